The summed E-state index contributed by atoms with van der Waals surface area (Å²) in [5.41, 5.74) is 7.27. The third kappa shape index (κ3) is 3.83. The summed E-state index contributed by atoms with van der Waals surface area (Å²) in [5.74, 6) is 3.34. The Morgan fingerprint density at radius 2 is 1.76 bits per heavy atom. The Labute approximate surface area is 156 Å². The number of hydrogen-bond acceptors (Lipinski definition) is 0. The van der Waals surface area contributed by atoms with Crippen molar-refractivity contribution in [1.82, 2.24) is 0 Å². The van der Waals surface area contributed by atoms with Crippen molar-refractivity contribution in [2.45, 2.75) is 92.9 Å². The van der Waals surface area contributed by atoms with Gasteiger partial charge in [-0.15, -0.1) is 0 Å². The highest BCUT2D eigenvalue weighted by atomic mass is 14.5. The Morgan fingerprint density at radius 1 is 1.00 bits per heavy atom. The fourth-order valence-corrected chi connectivity index (χ4v) is 6.09. The molecule has 0 bridgehead atoms. The fourth-order valence-electron chi connectivity index (χ4n) is 6.09. The Hall–Kier alpha value is -0.780. The van der Waals surface area contributed by atoms with Crippen LogP contribution in [-0.2, 0) is 0 Å². The molecule has 25 heavy (non-hydrogen) atoms. The molecule has 0 aromatic carbocycles. The second kappa shape index (κ2) is 7.45. The molecule has 3 aliphatic carbocycles. The van der Waals surface area contributed by atoms with Gasteiger partial charge in [0.25, 0.3) is 0 Å². The maximum Gasteiger partial charge on any atom is 0.000988 e. The Kier molecular flexibility index (Phi) is 5.66. The van der Waals surface area contributed by atoms with E-state index >= 15 is 0 Å². The summed E-state index contributed by atoms with van der Waals surface area (Å²) in [5, 5.41) is 0. The van der Waals surface area contributed by atoms with Crippen LogP contribution in [0.3, 0.4) is 0 Å². The highest BCUT2D eigenvalue weighted by Crippen LogP contribution is 2.54. The first kappa shape index (κ1) is 19.0. The molecule has 1 saturated carbocycles. The van der Waals surface area contributed by atoms with Gasteiger partial charge in [-0.3, -0.25) is 0 Å². The Morgan fingerprint density at radius 3 is 2.48 bits per heavy atom. The zero-order chi connectivity index (χ0) is 18.2. The largest absolute Gasteiger partial charge is 0.0850 e. The molecule has 0 heteroatoms. The SMILES string of the molecule is CC1=C2CC/C(C)=C/C[C@@]3(C)CCC(C(C)C)C3C/C=C(\C)C2CC1. The summed E-state index contributed by atoms with van der Waals surface area (Å²) in [6.45, 7) is 14.7. The van der Waals surface area contributed by atoms with E-state index in [0.717, 1.165) is 23.7 Å². The quantitative estimate of drug-likeness (QED) is 0.426. The smallest absolute Gasteiger partial charge is 0.000988 e. The molecular weight excluding hydrogens is 300 g/mol. The molecule has 0 saturated heterocycles. The van der Waals surface area contributed by atoms with Crippen LogP contribution < -0.4 is 0 Å². The summed E-state index contributed by atoms with van der Waals surface area (Å²) in [7, 11) is 0. The average Bonchev–Trinajstić information content (AvgIpc) is 3.09. The van der Waals surface area contributed by atoms with E-state index in [1.165, 1.54) is 51.4 Å². The van der Waals surface area contributed by atoms with E-state index in [1.54, 1.807) is 22.3 Å². The van der Waals surface area contributed by atoms with Gasteiger partial charge in [0.2, 0.25) is 0 Å². The molecule has 3 aliphatic rings. The summed E-state index contributed by atoms with van der Waals surface area (Å²) in [6, 6.07) is 0. The van der Waals surface area contributed by atoms with Gasteiger partial charge < -0.3 is 0 Å². The lowest BCUT2D eigenvalue weighted by molar-refractivity contribution is 0.170. The van der Waals surface area contributed by atoms with E-state index in [9.17, 15) is 0 Å². The monoisotopic (exact) mass is 340 g/mol. The van der Waals surface area contributed by atoms with Crippen molar-refractivity contribution in [1.29, 1.82) is 0 Å². The van der Waals surface area contributed by atoms with Crippen molar-refractivity contribution in [3.05, 3.63) is 34.4 Å². The third-order valence-electron chi connectivity index (χ3n) is 8.04. The van der Waals surface area contributed by atoms with E-state index < -0.39 is 0 Å². The van der Waals surface area contributed by atoms with Crippen LogP contribution in [0.5, 0.6) is 0 Å². The van der Waals surface area contributed by atoms with Crippen LogP contribution in [0.15, 0.2) is 34.4 Å². The predicted octanol–water partition coefficient (Wildman–Crippen LogP) is 7.87. The van der Waals surface area contributed by atoms with Crippen molar-refractivity contribution < 1.29 is 0 Å². The van der Waals surface area contributed by atoms with Gasteiger partial charge in [-0.1, -0.05) is 55.2 Å². The minimum atomic E-state index is 0.510. The molecule has 140 valence electrons. The summed E-state index contributed by atoms with van der Waals surface area (Å²) >= 11 is 0. The van der Waals surface area contributed by atoms with Crippen LogP contribution in [0, 0.1) is 29.1 Å². The number of allylic oxidation sites excluding steroid dienone is 6. The minimum absolute atomic E-state index is 0.510. The van der Waals surface area contributed by atoms with Gasteiger partial charge in [-0.05, 0) is 95.3 Å². The molecule has 0 aromatic rings. The minimum Gasteiger partial charge on any atom is -0.0850 e. The molecule has 0 radical (unpaired) electrons. The van der Waals surface area contributed by atoms with Crippen molar-refractivity contribution in [3.63, 3.8) is 0 Å². The molecule has 0 amide bonds. The van der Waals surface area contributed by atoms with Crippen molar-refractivity contribution >= 4 is 0 Å². The maximum atomic E-state index is 2.66. The second-order valence-electron chi connectivity index (χ2n) is 10.0. The molecule has 0 aliphatic heterocycles. The van der Waals surface area contributed by atoms with E-state index in [2.05, 4.69) is 53.7 Å². The summed E-state index contributed by atoms with van der Waals surface area (Å²) in [4.78, 5) is 0. The molecule has 0 nitrogen and oxygen atoms in total. The first-order chi connectivity index (χ1) is 11.8. The number of hydrogen-bond donors (Lipinski definition) is 0. The molecule has 3 unspecified atom stereocenters. The van der Waals surface area contributed by atoms with Gasteiger partial charge in [-0.2, -0.15) is 0 Å². The van der Waals surface area contributed by atoms with Gasteiger partial charge in [0, 0.05) is 5.92 Å². The van der Waals surface area contributed by atoms with E-state index in [1.807, 2.05) is 0 Å². The van der Waals surface area contributed by atoms with Gasteiger partial charge in [0.1, 0.15) is 0 Å². The number of rotatable bonds is 1. The van der Waals surface area contributed by atoms with E-state index in [4.69, 9.17) is 0 Å². The molecule has 0 N–H and O–H groups in total. The number of fused-ring (bicyclic) bond motifs is 2. The fraction of sp³-hybridized carbons (Fsp3) is 0.760. The van der Waals surface area contributed by atoms with Gasteiger partial charge in [0.15, 0.2) is 0 Å². The van der Waals surface area contributed by atoms with Crippen LogP contribution >= 0.6 is 0 Å². The van der Waals surface area contributed by atoms with Crippen molar-refractivity contribution in [2.75, 3.05) is 0 Å². The highest BCUT2D eigenvalue weighted by Gasteiger charge is 2.44. The molecule has 0 aromatic heterocycles. The van der Waals surface area contributed by atoms with Crippen LogP contribution in [0.1, 0.15) is 92.9 Å². The van der Waals surface area contributed by atoms with E-state index in [0.29, 0.717) is 5.41 Å². The lowest BCUT2D eigenvalue weighted by atomic mass is 9.70. The lowest BCUT2D eigenvalue weighted by Crippen LogP contribution is -2.27. The first-order valence-corrected chi connectivity index (χ1v) is 10.8. The zero-order valence-electron chi connectivity index (χ0n) is 17.6. The van der Waals surface area contributed by atoms with Gasteiger partial charge in [-0.25, -0.2) is 0 Å². The third-order valence-corrected chi connectivity index (χ3v) is 8.04. The predicted molar refractivity (Wildman–Crippen MR) is 111 cm³/mol. The van der Waals surface area contributed by atoms with Crippen LogP contribution in [0.2, 0.25) is 0 Å². The standard InChI is InChI=1S/C25H40/c1-17(2)21-14-16-25(6)15-13-18(3)7-10-22-19(4)8-11-23(22)20(5)9-12-24(21)25/h9,13,17,21,23-24H,7-8,10-12,14-16H2,1-6H3/b18-13+,20-9+/t21?,23?,24?,25-/m0/s1. The zero-order valence-corrected chi connectivity index (χ0v) is 17.6. The van der Waals surface area contributed by atoms with E-state index in [-0.39, 0.29) is 0 Å². The van der Waals surface area contributed by atoms with Crippen LogP contribution in [-0.4, -0.2) is 0 Å². The lowest BCUT2D eigenvalue weighted by Gasteiger charge is -2.35. The molecule has 1 fully saturated rings. The van der Waals surface area contributed by atoms with Crippen LogP contribution in [0.4, 0.5) is 0 Å². The molecule has 4 atom stereocenters. The Bertz CT molecular complexity index is 585. The summed E-state index contributed by atoms with van der Waals surface area (Å²) < 4.78 is 0. The van der Waals surface area contributed by atoms with Crippen LogP contribution in [0.25, 0.3) is 0 Å². The Balaban J connectivity index is 1.93. The maximum absolute atomic E-state index is 2.66. The molecule has 0 heterocycles. The molecular formula is C25H40. The van der Waals surface area contributed by atoms with Crippen molar-refractivity contribution in [3.8, 4) is 0 Å². The van der Waals surface area contributed by atoms with Gasteiger partial charge in [0.05, 0.1) is 0 Å². The second-order valence-corrected chi connectivity index (χ2v) is 10.0. The average molecular weight is 341 g/mol. The molecule has 0 spiro atoms. The van der Waals surface area contributed by atoms with Gasteiger partial charge >= 0.3 is 0 Å². The highest BCUT2D eigenvalue weighted by molar-refractivity contribution is 5.30. The first-order valence-electron chi connectivity index (χ1n) is 10.8. The van der Waals surface area contributed by atoms with Crippen molar-refractivity contribution in [2.24, 2.45) is 29.1 Å². The summed E-state index contributed by atoms with van der Waals surface area (Å²) in [6.07, 6.45) is 16.0. The topological polar surface area (TPSA) is 0 Å². The normalized spacial score (nSPS) is 41.3. The molecule has 3 rings (SSSR count).